The molecular formula is C16H16N2O3S. The van der Waals surface area contributed by atoms with Gasteiger partial charge in [-0.3, -0.25) is 9.59 Å². The summed E-state index contributed by atoms with van der Waals surface area (Å²) in [5.74, 6) is -1.27. The fourth-order valence-corrected chi connectivity index (χ4v) is 3.28. The number of carboxylic acid groups (broad SMARTS) is 1. The van der Waals surface area contributed by atoms with E-state index in [-0.39, 0.29) is 17.9 Å². The molecule has 0 bridgehead atoms. The highest BCUT2D eigenvalue weighted by atomic mass is 32.1. The number of aromatic nitrogens is 1. The van der Waals surface area contributed by atoms with Gasteiger partial charge in [0.1, 0.15) is 5.01 Å². The van der Waals surface area contributed by atoms with Crippen LogP contribution in [-0.4, -0.2) is 28.0 Å². The zero-order chi connectivity index (χ0) is 15.7. The van der Waals surface area contributed by atoms with Gasteiger partial charge in [-0.2, -0.15) is 0 Å². The van der Waals surface area contributed by atoms with Crippen LogP contribution in [0.2, 0.25) is 0 Å². The van der Waals surface area contributed by atoms with Gasteiger partial charge in [-0.1, -0.05) is 12.1 Å². The molecule has 0 unspecified atom stereocenters. The maximum atomic E-state index is 12.2. The Morgan fingerprint density at radius 2 is 2.14 bits per heavy atom. The molecule has 0 aliphatic heterocycles. The molecule has 2 N–H and O–H groups in total. The lowest BCUT2D eigenvalue weighted by Crippen LogP contribution is -2.46. The zero-order valence-electron chi connectivity index (χ0n) is 12.1. The number of carbonyl (C=O) groups is 2. The van der Waals surface area contributed by atoms with Gasteiger partial charge in [0.05, 0.1) is 5.92 Å². The summed E-state index contributed by atoms with van der Waals surface area (Å²) < 4.78 is 0. The largest absolute Gasteiger partial charge is 0.481 e. The van der Waals surface area contributed by atoms with Crippen molar-refractivity contribution in [3.05, 3.63) is 40.9 Å². The number of amides is 1. The summed E-state index contributed by atoms with van der Waals surface area (Å²) in [6.07, 6.45) is 1.01. The molecule has 1 aliphatic carbocycles. The lowest BCUT2D eigenvalue weighted by atomic mass is 9.80. The Hall–Kier alpha value is -2.21. The van der Waals surface area contributed by atoms with Crippen molar-refractivity contribution >= 4 is 23.2 Å². The van der Waals surface area contributed by atoms with E-state index in [0.717, 1.165) is 16.3 Å². The number of benzene rings is 1. The summed E-state index contributed by atoms with van der Waals surface area (Å²) in [6, 6.07) is 7.30. The second-order valence-electron chi connectivity index (χ2n) is 5.55. The fraction of sp³-hybridized carbons (Fsp3) is 0.312. The topological polar surface area (TPSA) is 79.3 Å². The number of aliphatic carboxylic acids is 1. The van der Waals surface area contributed by atoms with Crippen LogP contribution < -0.4 is 5.32 Å². The second kappa shape index (κ2) is 5.88. The lowest BCUT2D eigenvalue weighted by molar-refractivity contribution is -0.145. The maximum Gasteiger partial charge on any atom is 0.306 e. The second-order valence-corrected chi connectivity index (χ2v) is 6.41. The number of aryl methyl sites for hydroxylation is 1. The number of hydrogen-bond acceptors (Lipinski definition) is 4. The Kier molecular flexibility index (Phi) is 3.94. The van der Waals surface area contributed by atoms with Gasteiger partial charge in [0.2, 0.25) is 0 Å². The number of carbonyl (C=O) groups excluding carboxylic acids is 1. The van der Waals surface area contributed by atoms with Crippen LogP contribution in [0.4, 0.5) is 0 Å². The number of nitrogens with zero attached hydrogens (tertiary/aromatic N) is 1. The van der Waals surface area contributed by atoms with E-state index >= 15 is 0 Å². The van der Waals surface area contributed by atoms with Gasteiger partial charge in [0, 0.05) is 28.2 Å². The lowest BCUT2D eigenvalue weighted by Gasteiger charge is -2.32. The molecule has 0 atom stereocenters. The number of carboxylic acids is 1. The summed E-state index contributed by atoms with van der Waals surface area (Å²) in [6.45, 7) is 1.94. The minimum atomic E-state index is -0.786. The first kappa shape index (κ1) is 14.7. The highest BCUT2D eigenvalue weighted by Crippen LogP contribution is 2.28. The van der Waals surface area contributed by atoms with E-state index in [0.29, 0.717) is 18.4 Å². The van der Waals surface area contributed by atoms with Crippen molar-refractivity contribution in [2.75, 3.05) is 0 Å². The standard InChI is InChI=1S/C16H16N2O3S/c1-9-8-22-15(17-9)11-4-2-3-10(5-11)14(19)18-13-6-12(7-13)16(20)21/h2-5,8,12-13H,6-7H2,1H3,(H,18,19)(H,20,21). The van der Waals surface area contributed by atoms with Gasteiger partial charge in [0.15, 0.2) is 0 Å². The smallest absolute Gasteiger partial charge is 0.306 e. The molecule has 1 aromatic carbocycles. The first-order chi connectivity index (χ1) is 10.5. The van der Waals surface area contributed by atoms with E-state index in [9.17, 15) is 9.59 Å². The highest BCUT2D eigenvalue weighted by Gasteiger charge is 2.35. The minimum absolute atomic E-state index is 0.0423. The molecule has 1 heterocycles. The SMILES string of the molecule is Cc1csc(-c2cccc(C(=O)NC3CC(C(=O)O)C3)c2)n1. The normalized spacial score (nSPS) is 20.2. The molecule has 1 aromatic heterocycles. The van der Waals surface area contributed by atoms with Crippen LogP contribution in [0.5, 0.6) is 0 Å². The van der Waals surface area contributed by atoms with Crippen molar-refractivity contribution in [1.29, 1.82) is 0 Å². The number of nitrogens with one attached hydrogen (secondary N) is 1. The molecule has 0 radical (unpaired) electrons. The average molecular weight is 316 g/mol. The minimum Gasteiger partial charge on any atom is -0.481 e. The third kappa shape index (κ3) is 3.01. The predicted molar refractivity (Wildman–Crippen MR) is 83.9 cm³/mol. The van der Waals surface area contributed by atoms with Crippen LogP contribution in [0.15, 0.2) is 29.6 Å². The molecule has 3 rings (SSSR count). The molecular weight excluding hydrogens is 300 g/mol. The zero-order valence-corrected chi connectivity index (χ0v) is 12.9. The molecule has 0 saturated heterocycles. The van der Waals surface area contributed by atoms with Gasteiger partial charge in [-0.05, 0) is 31.9 Å². The van der Waals surface area contributed by atoms with E-state index in [2.05, 4.69) is 10.3 Å². The van der Waals surface area contributed by atoms with Gasteiger partial charge < -0.3 is 10.4 Å². The predicted octanol–water partition coefficient (Wildman–Crippen LogP) is 2.71. The molecule has 2 aromatic rings. The Balaban J connectivity index is 1.67. The van der Waals surface area contributed by atoms with E-state index in [1.54, 1.807) is 17.4 Å². The third-order valence-corrected chi connectivity index (χ3v) is 4.82. The van der Waals surface area contributed by atoms with Crippen LogP contribution in [-0.2, 0) is 4.79 Å². The summed E-state index contributed by atoms with van der Waals surface area (Å²) >= 11 is 1.55. The Bertz CT molecular complexity index is 720. The summed E-state index contributed by atoms with van der Waals surface area (Å²) in [5.41, 5.74) is 2.45. The quantitative estimate of drug-likeness (QED) is 0.909. The van der Waals surface area contributed by atoms with Crippen LogP contribution in [0.1, 0.15) is 28.9 Å². The van der Waals surface area contributed by atoms with Crippen LogP contribution in [0.3, 0.4) is 0 Å². The molecule has 114 valence electrons. The van der Waals surface area contributed by atoms with E-state index < -0.39 is 5.97 Å². The monoisotopic (exact) mass is 316 g/mol. The first-order valence-corrected chi connectivity index (χ1v) is 7.97. The van der Waals surface area contributed by atoms with Crippen molar-refractivity contribution < 1.29 is 14.7 Å². The molecule has 5 nitrogen and oxygen atoms in total. The Labute approximate surface area is 132 Å². The Morgan fingerprint density at radius 1 is 1.36 bits per heavy atom. The fourth-order valence-electron chi connectivity index (χ4n) is 2.49. The van der Waals surface area contributed by atoms with Crippen LogP contribution in [0.25, 0.3) is 10.6 Å². The molecule has 6 heteroatoms. The molecule has 0 spiro atoms. The first-order valence-electron chi connectivity index (χ1n) is 7.09. The summed E-state index contributed by atoms with van der Waals surface area (Å²) in [4.78, 5) is 27.4. The van der Waals surface area contributed by atoms with E-state index in [4.69, 9.17) is 5.11 Å². The van der Waals surface area contributed by atoms with Crippen molar-refractivity contribution in [3.8, 4) is 10.6 Å². The van der Waals surface area contributed by atoms with Crippen LogP contribution >= 0.6 is 11.3 Å². The van der Waals surface area contributed by atoms with Crippen LogP contribution in [0, 0.1) is 12.8 Å². The molecule has 1 aliphatic rings. The van der Waals surface area contributed by atoms with E-state index in [1.165, 1.54) is 0 Å². The van der Waals surface area contributed by atoms with Crippen molar-refractivity contribution in [2.24, 2.45) is 5.92 Å². The van der Waals surface area contributed by atoms with E-state index in [1.807, 2.05) is 30.5 Å². The van der Waals surface area contributed by atoms with Gasteiger partial charge in [-0.15, -0.1) is 11.3 Å². The number of hydrogen-bond donors (Lipinski definition) is 2. The van der Waals surface area contributed by atoms with Crippen molar-refractivity contribution in [1.82, 2.24) is 10.3 Å². The third-order valence-electron chi connectivity index (χ3n) is 3.81. The molecule has 1 amide bonds. The van der Waals surface area contributed by atoms with Gasteiger partial charge >= 0.3 is 5.97 Å². The summed E-state index contributed by atoms with van der Waals surface area (Å²) in [7, 11) is 0. The average Bonchev–Trinajstić information content (AvgIpc) is 2.88. The maximum absolute atomic E-state index is 12.2. The molecule has 1 fully saturated rings. The van der Waals surface area contributed by atoms with Gasteiger partial charge in [-0.25, -0.2) is 4.98 Å². The number of rotatable bonds is 4. The summed E-state index contributed by atoms with van der Waals surface area (Å²) in [5, 5.41) is 14.6. The Morgan fingerprint density at radius 3 is 2.77 bits per heavy atom. The highest BCUT2D eigenvalue weighted by molar-refractivity contribution is 7.13. The van der Waals surface area contributed by atoms with Gasteiger partial charge in [0.25, 0.3) is 5.91 Å². The molecule has 1 saturated carbocycles. The molecule has 22 heavy (non-hydrogen) atoms. The van der Waals surface area contributed by atoms with Crippen molar-refractivity contribution in [2.45, 2.75) is 25.8 Å². The van der Waals surface area contributed by atoms with Crippen molar-refractivity contribution in [3.63, 3.8) is 0 Å². The number of thiazole rings is 1.